The van der Waals surface area contributed by atoms with Gasteiger partial charge in [0.05, 0.1) is 6.54 Å². The molecule has 0 saturated heterocycles. The Hall–Kier alpha value is -0.610. The molecule has 0 heterocycles. The Balaban J connectivity index is 3.98. The van der Waals surface area contributed by atoms with E-state index in [1.165, 1.54) is 0 Å². The summed E-state index contributed by atoms with van der Waals surface area (Å²) >= 11 is 0. The number of hydrogen-bond acceptors (Lipinski definition) is 3. The van der Waals surface area contributed by atoms with E-state index in [4.69, 9.17) is 5.11 Å². The van der Waals surface area contributed by atoms with Crippen molar-refractivity contribution in [2.24, 2.45) is 0 Å². The Morgan fingerprint density at radius 1 is 1.13 bits per heavy atom. The van der Waals surface area contributed by atoms with Crippen molar-refractivity contribution < 1.29 is 9.90 Å². The van der Waals surface area contributed by atoms with E-state index in [0.717, 1.165) is 32.6 Å². The minimum absolute atomic E-state index is 0.180. The fourth-order valence-electron chi connectivity index (χ4n) is 1.51. The van der Waals surface area contributed by atoms with Crippen LogP contribution in [0.2, 0.25) is 0 Å². The van der Waals surface area contributed by atoms with E-state index in [2.05, 4.69) is 4.90 Å². The van der Waals surface area contributed by atoms with Crippen LogP contribution in [0.5, 0.6) is 0 Å². The molecule has 0 aliphatic carbocycles. The summed E-state index contributed by atoms with van der Waals surface area (Å²) in [6, 6.07) is 0. The van der Waals surface area contributed by atoms with Crippen LogP contribution in [0.4, 0.5) is 0 Å². The molecule has 4 heteroatoms. The van der Waals surface area contributed by atoms with Gasteiger partial charge in [-0.1, -0.05) is 6.92 Å². The van der Waals surface area contributed by atoms with Gasteiger partial charge in [-0.25, -0.2) is 0 Å². The van der Waals surface area contributed by atoms with Gasteiger partial charge in [0.1, 0.15) is 0 Å². The molecule has 0 unspecified atom stereocenters. The molecule has 1 N–H and O–H groups in total. The predicted molar refractivity (Wildman–Crippen MR) is 61.7 cm³/mol. The van der Waals surface area contributed by atoms with Crippen LogP contribution in [0, 0.1) is 0 Å². The highest BCUT2D eigenvalue weighted by Gasteiger charge is 2.13. The molecule has 0 radical (unpaired) electrons. The van der Waals surface area contributed by atoms with Gasteiger partial charge in [-0.3, -0.25) is 9.69 Å². The monoisotopic (exact) mass is 216 g/mol. The van der Waals surface area contributed by atoms with Gasteiger partial charge in [-0.05, 0) is 26.8 Å². The largest absolute Gasteiger partial charge is 0.396 e. The van der Waals surface area contributed by atoms with Crippen LogP contribution in [-0.2, 0) is 4.79 Å². The van der Waals surface area contributed by atoms with Crippen LogP contribution in [0.25, 0.3) is 0 Å². The van der Waals surface area contributed by atoms with Crippen LogP contribution < -0.4 is 0 Å². The maximum absolute atomic E-state index is 11.8. The molecule has 0 atom stereocenters. The molecule has 0 aromatic rings. The minimum Gasteiger partial charge on any atom is -0.396 e. The first-order chi connectivity index (χ1) is 7.19. The van der Waals surface area contributed by atoms with Crippen molar-refractivity contribution in [1.82, 2.24) is 9.80 Å². The number of aliphatic hydroxyl groups excluding tert-OH is 1. The first-order valence-corrected chi connectivity index (χ1v) is 5.80. The van der Waals surface area contributed by atoms with Crippen molar-refractivity contribution in [3.63, 3.8) is 0 Å². The summed E-state index contributed by atoms with van der Waals surface area (Å²) in [5.74, 6) is 0.180. The summed E-state index contributed by atoms with van der Waals surface area (Å²) in [5, 5.41) is 8.72. The van der Waals surface area contributed by atoms with E-state index in [1.807, 2.05) is 25.7 Å². The Morgan fingerprint density at radius 2 is 1.73 bits per heavy atom. The molecule has 0 spiro atoms. The lowest BCUT2D eigenvalue weighted by Gasteiger charge is -2.24. The second-order valence-corrected chi connectivity index (χ2v) is 3.51. The topological polar surface area (TPSA) is 43.8 Å². The highest BCUT2D eigenvalue weighted by Crippen LogP contribution is 1.95. The van der Waals surface area contributed by atoms with Crippen LogP contribution >= 0.6 is 0 Å². The average Bonchev–Trinajstić information content (AvgIpc) is 2.25. The Bertz CT molecular complexity index is 170. The summed E-state index contributed by atoms with van der Waals surface area (Å²) < 4.78 is 0. The number of nitrogens with zero attached hydrogens (tertiary/aromatic N) is 2. The first-order valence-electron chi connectivity index (χ1n) is 5.80. The molecule has 0 aliphatic heterocycles. The molecule has 0 fully saturated rings. The average molecular weight is 216 g/mol. The fraction of sp³-hybridized carbons (Fsp3) is 0.909. The number of amides is 1. The maximum Gasteiger partial charge on any atom is 0.236 e. The summed E-state index contributed by atoms with van der Waals surface area (Å²) in [5.41, 5.74) is 0. The molecular formula is C11H24N2O2. The zero-order chi connectivity index (χ0) is 11.7. The number of carbonyl (C=O) groups excluding carboxylic acids is 1. The van der Waals surface area contributed by atoms with Gasteiger partial charge in [0.2, 0.25) is 5.91 Å². The fourth-order valence-corrected chi connectivity index (χ4v) is 1.51. The third-order valence-corrected chi connectivity index (χ3v) is 2.55. The molecule has 90 valence electrons. The third kappa shape index (κ3) is 5.74. The number of rotatable bonds is 8. The van der Waals surface area contributed by atoms with E-state index < -0.39 is 0 Å². The van der Waals surface area contributed by atoms with E-state index in [0.29, 0.717) is 6.54 Å². The zero-order valence-electron chi connectivity index (χ0n) is 10.2. The number of aliphatic hydroxyl groups is 1. The van der Waals surface area contributed by atoms with Gasteiger partial charge in [0.15, 0.2) is 0 Å². The van der Waals surface area contributed by atoms with Crippen LogP contribution in [-0.4, -0.2) is 60.1 Å². The van der Waals surface area contributed by atoms with E-state index >= 15 is 0 Å². The molecule has 0 rings (SSSR count). The van der Waals surface area contributed by atoms with Crippen molar-refractivity contribution in [2.45, 2.75) is 27.2 Å². The van der Waals surface area contributed by atoms with E-state index in [-0.39, 0.29) is 12.5 Å². The quantitative estimate of drug-likeness (QED) is 0.645. The molecule has 15 heavy (non-hydrogen) atoms. The van der Waals surface area contributed by atoms with E-state index in [1.54, 1.807) is 0 Å². The Morgan fingerprint density at radius 3 is 2.13 bits per heavy atom. The highest BCUT2D eigenvalue weighted by molar-refractivity contribution is 5.78. The number of hydrogen-bond donors (Lipinski definition) is 1. The van der Waals surface area contributed by atoms with Crippen molar-refractivity contribution in [3.8, 4) is 0 Å². The second kappa shape index (κ2) is 8.68. The Kier molecular flexibility index (Phi) is 8.33. The summed E-state index contributed by atoms with van der Waals surface area (Å²) in [6.45, 7) is 9.87. The number of carbonyl (C=O) groups is 1. The lowest BCUT2D eigenvalue weighted by Crippen LogP contribution is -2.40. The summed E-state index contributed by atoms with van der Waals surface area (Å²) in [6.07, 6.45) is 0.735. The van der Waals surface area contributed by atoms with Crippen molar-refractivity contribution >= 4 is 5.91 Å². The van der Waals surface area contributed by atoms with Gasteiger partial charge in [-0.2, -0.15) is 0 Å². The van der Waals surface area contributed by atoms with Crippen molar-refractivity contribution in [2.75, 3.05) is 39.3 Å². The van der Waals surface area contributed by atoms with Crippen molar-refractivity contribution in [1.29, 1.82) is 0 Å². The Labute approximate surface area is 92.9 Å². The molecular weight excluding hydrogens is 192 g/mol. The molecule has 0 aromatic carbocycles. The zero-order valence-corrected chi connectivity index (χ0v) is 10.2. The first kappa shape index (κ1) is 14.4. The second-order valence-electron chi connectivity index (χ2n) is 3.51. The van der Waals surface area contributed by atoms with Gasteiger partial charge < -0.3 is 10.0 Å². The van der Waals surface area contributed by atoms with Crippen molar-refractivity contribution in [3.05, 3.63) is 0 Å². The summed E-state index contributed by atoms with van der Waals surface area (Å²) in [4.78, 5) is 15.7. The molecule has 1 amide bonds. The van der Waals surface area contributed by atoms with Gasteiger partial charge >= 0.3 is 0 Å². The van der Waals surface area contributed by atoms with Gasteiger partial charge in [-0.15, -0.1) is 0 Å². The van der Waals surface area contributed by atoms with Gasteiger partial charge in [0.25, 0.3) is 0 Å². The maximum atomic E-state index is 11.8. The third-order valence-electron chi connectivity index (χ3n) is 2.55. The molecule has 0 saturated carbocycles. The molecule has 0 aliphatic rings. The van der Waals surface area contributed by atoms with Crippen LogP contribution in [0.1, 0.15) is 27.2 Å². The minimum atomic E-state index is 0.180. The lowest BCUT2D eigenvalue weighted by atomic mass is 10.3. The predicted octanol–water partition coefficient (Wildman–Crippen LogP) is 0.559. The normalized spacial score (nSPS) is 10.7. The molecule has 0 bridgehead atoms. The van der Waals surface area contributed by atoms with Crippen LogP contribution in [0.3, 0.4) is 0 Å². The summed E-state index contributed by atoms with van der Waals surface area (Å²) in [7, 11) is 0. The highest BCUT2D eigenvalue weighted by atomic mass is 16.3. The van der Waals surface area contributed by atoms with Gasteiger partial charge in [0, 0.05) is 26.2 Å². The molecule has 4 nitrogen and oxygen atoms in total. The smallest absolute Gasteiger partial charge is 0.236 e. The number of likely N-dealkylation sites (N-methyl/N-ethyl adjacent to an activating group) is 2. The van der Waals surface area contributed by atoms with E-state index in [9.17, 15) is 4.79 Å². The molecule has 0 aromatic heterocycles. The standard InChI is InChI=1S/C11H24N2O2/c1-4-12(8-7-9-14)10-11(15)13(5-2)6-3/h14H,4-10H2,1-3H3. The SMILES string of the molecule is CCN(CCCO)CC(=O)N(CC)CC. The van der Waals surface area contributed by atoms with Crippen LogP contribution in [0.15, 0.2) is 0 Å². The lowest BCUT2D eigenvalue weighted by molar-refractivity contribution is -0.132.